The zero-order valence-electron chi connectivity index (χ0n) is 10.8. The summed E-state index contributed by atoms with van der Waals surface area (Å²) >= 11 is 0. The fourth-order valence-corrected chi connectivity index (χ4v) is 2.25. The molecule has 0 amide bonds. The maximum absolute atomic E-state index is 11.0. The van der Waals surface area contributed by atoms with Crippen LogP contribution in [-0.2, 0) is 16.7 Å². The quantitative estimate of drug-likeness (QED) is 0.880. The van der Waals surface area contributed by atoms with Crippen LogP contribution in [-0.4, -0.2) is 13.0 Å². The predicted molar refractivity (Wildman–Crippen MR) is 79.0 cm³/mol. The van der Waals surface area contributed by atoms with Gasteiger partial charge in [-0.05, 0) is 36.2 Å². The highest BCUT2D eigenvalue weighted by molar-refractivity contribution is 7.85. The maximum atomic E-state index is 11.0. The molecule has 0 saturated carbocycles. The summed E-state index contributed by atoms with van der Waals surface area (Å²) in [5.41, 5.74) is 1.69. The molecule has 0 radical (unpaired) electrons. The predicted octanol–water partition coefficient (Wildman–Crippen LogP) is 3.24. The highest BCUT2D eigenvalue weighted by Crippen LogP contribution is 2.22. The topological polar surface area (TPSA) is 63.6 Å². The fourth-order valence-electron chi connectivity index (χ4n) is 1.68. The number of ether oxygens (including phenoxy) is 1. The van der Waals surface area contributed by atoms with Gasteiger partial charge in [0.25, 0.3) is 10.1 Å². The average Bonchev–Trinajstić information content (AvgIpc) is 2.37. The van der Waals surface area contributed by atoms with Gasteiger partial charge in [-0.1, -0.05) is 30.3 Å². The molecule has 0 heterocycles. The van der Waals surface area contributed by atoms with E-state index in [0.717, 1.165) is 5.56 Å². The summed E-state index contributed by atoms with van der Waals surface area (Å²) in [6.07, 6.45) is 0. The van der Waals surface area contributed by atoms with E-state index in [1.807, 2.05) is 30.3 Å². The first-order chi connectivity index (χ1) is 8.97. The standard InChI is InChI=1S/C14H14O4S.ClH/c1-11-9-13(19(15,16)17)7-8-14(11)18-10-12-5-3-2-4-6-12;/h2-9H,10H2,1H3,(H,15,16,17);1H. The van der Waals surface area contributed by atoms with E-state index in [9.17, 15) is 8.42 Å². The molecular weight excluding hydrogens is 300 g/mol. The van der Waals surface area contributed by atoms with Crippen molar-refractivity contribution in [2.45, 2.75) is 18.4 Å². The second-order valence-corrected chi connectivity index (χ2v) is 5.60. The lowest BCUT2D eigenvalue weighted by molar-refractivity contribution is 0.304. The fraction of sp³-hybridized carbons (Fsp3) is 0.143. The minimum atomic E-state index is -4.16. The molecular formula is C14H15ClO4S. The van der Waals surface area contributed by atoms with E-state index in [4.69, 9.17) is 9.29 Å². The van der Waals surface area contributed by atoms with Crippen LogP contribution < -0.4 is 4.74 Å². The van der Waals surface area contributed by atoms with Gasteiger partial charge in [-0.25, -0.2) is 0 Å². The van der Waals surface area contributed by atoms with Crippen LogP contribution in [0, 0.1) is 6.92 Å². The monoisotopic (exact) mass is 314 g/mol. The van der Waals surface area contributed by atoms with Gasteiger partial charge in [0.1, 0.15) is 12.4 Å². The molecule has 2 aromatic carbocycles. The van der Waals surface area contributed by atoms with E-state index >= 15 is 0 Å². The Morgan fingerprint density at radius 2 is 1.75 bits per heavy atom. The summed E-state index contributed by atoms with van der Waals surface area (Å²) in [6.45, 7) is 2.14. The number of benzene rings is 2. The highest BCUT2D eigenvalue weighted by atomic mass is 35.5. The summed E-state index contributed by atoms with van der Waals surface area (Å²) in [5.74, 6) is 0.594. The zero-order chi connectivity index (χ0) is 13.9. The van der Waals surface area contributed by atoms with Gasteiger partial charge in [0.15, 0.2) is 0 Å². The molecule has 0 saturated heterocycles. The minimum Gasteiger partial charge on any atom is -0.489 e. The van der Waals surface area contributed by atoms with Crippen molar-refractivity contribution < 1.29 is 17.7 Å². The first-order valence-electron chi connectivity index (χ1n) is 5.72. The molecule has 2 rings (SSSR count). The van der Waals surface area contributed by atoms with E-state index in [1.54, 1.807) is 13.0 Å². The number of aryl methyl sites for hydroxylation is 1. The van der Waals surface area contributed by atoms with Crippen molar-refractivity contribution in [1.82, 2.24) is 0 Å². The highest BCUT2D eigenvalue weighted by Gasteiger charge is 2.11. The third kappa shape index (κ3) is 4.23. The van der Waals surface area contributed by atoms with Gasteiger partial charge in [0, 0.05) is 0 Å². The Balaban J connectivity index is 0.00000200. The van der Waals surface area contributed by atoms with E-state index in [-0.39, 0.29) is 17.3 Å². The van der Waals surface area contributed by atoms with E-state index in [2.05, 4.69) is 0 Å². The second kappa shape index (κ2) is 6.74. The second-order valence-electron chi connectivity index (χ2n) is 4.18. The Labute approximate surface area is 124 Å². The summed E-state index contributed by atoms with van der Waals surface area (Å²) in [6, 6.07) is 13.9. The smallest absolute Gasteiger partial charge is 0.294 e. The lowest BCUT2D eigenvalue weighted by Crippen LogP contribution is -2.01. The Kier molecular flexibility index (Phi) is 5.56. The van der Waals surface area contributed by atoms with Crippen molar-refractivity contribution in [3.05, 3.63) is 59.7 Å². The molecule has 20 heavy (non-hydrogen) atoms. The van der Waals surface area contributed by atoms with Crippen molar-refractivity contribution in [3.63, 3.8) is 0 Å². The van der Waals surface area contributed by atoms with Crippen LogP contribution in [0.1, 0.15) is 11.1 Å². The number of rotatable bonds is 4. The number of halogens is 1. The molecule has 0 atom stereocenters. The lowest BCUT2D eigenvalue weighted by atomic mass is 10.2. The van der Waals surface area contributed by atoms with Gasteiger partial charge in [-0.3, -0.25) is 4.55 Å². The largest absolute Gasteiger partial charge is 0.489 e. The zero-order valence-corrected chi connectivity index (χ0v) is 12.4. The van der Waals surface area contributed by atoms with Crippen LogP contribution in [0.3, 0.4) is 0 Å². The Morgan fingerprint density at radius 3 is 2.30 bits per heavy atom. The molecule has 0 spiro atoms. The minimum absolute atomic E-state index is 0. The van der Waals surface area contributed by atoms with Gasteiger partial charge in [0.2, 0.25) is 0 Å². The third-order valence-electron chi connectivity index (χ3n) is 2.68. The summed E-state index contributed by atoms with van der Waals surface area (Å²) < 4.78 is 36.5. The van der Waals surface area contributed by atoms with Crippen molar-refractivity contribution in [1.29, 1.82) is 0 Å². The molecule has 4 nitrogen and oxygen atoms in total. The van der Waals surface area contributed by atoms with Gasteiger partial charge in [0.05, 0.1) is 4.90 Å². The summed E-state index contributed by atoms with van der Waals surface area (Å²) in [7, 11) is -4.16. The molecule has 0 bridgehead atoms. The normalized spacial score (nSPS) is 10.7. The molecule has 0 fully saturated rings. The molecule has 0 unspecified atom stereocenters. The van der Waals surface area contributed by atoms with Crippen LogP contribution in [0.2, 0.25) is 0 Å². The first kappa shape index (κ1) is 16.5. The molecule has 6 heteroatoms. The van der Waals surface area contributed by atoms with Crippen LogP contribution in [0.25, 0.3) is 0 Å². The van der Waals surface area contributed by atoms with E-state index in [1.165, 1.54) is 12.1 Å². The molecule has 0 aliphatic heterocycles. The van der Waals surface area contributed by atoms with Gasteiger partial charge in [-0.15, -0.1) is 12.4 Å². The van der Waals surface area contributed by atoms with Gasteiger partial charge in [-0.2, -0.15) is 8.42 Å². The molecule has 0 aliphatic carbocycles. The molecule has 2 aromatic rings. The summed E-state index contributed by atoms with van der Waals surface area (Å²) in [4.78, 5) is -0.128. The van der Waals surface area contributed by atoms with Crippen LogP contribution >= 0.6 is 12.4 Å². The van der Waals surface area contributed by atoms with Crippen molar-refractivity contribution in [2.24, 2.45) is 0 Å². The Bertz CT molecular complexity index is 669. The van der Waals surface area contributed by atoms with Gasteiger partial charge >= 0.3 is 0 Å². The number of hydrogen-bond acceptors (Lipinski definition) is 3. The van der Waals surface area contributed by atoms with Crippen LogP contribution in [0.4, 0.5) is 0 Å². The van der Waals surface area contributed by atoms with Crippen molar-refractivity contribution in [3.8, 4) is 5.75 Å². The molecule has 0 aromatic heterocycles. The number of hydrogen-bond donors (Lipinski definition) is 1. The lowest BCUT2D eigenvalue weighted by Gasteiger charge is -2.10. The van der Waals surface area contributed by atoms with Crippen molar-refractivity contribution in [2.75, 3.05) is 0 Å². The van der Waals surface area contributed by atoms with Gasteiger partial charge < -0.3 is 4.74 Å². The Morgan fingerprint density at radius 1 is 1.10 bits per heavy atom. The molecule has 1 N–H and O–H groups in total. The third-order valence-corrected chi connectivity index (χ3v) is 3.53. The Hall–Kier alpha value is -1.56. The molecule has 108 valence electrons. The van der Waals surface area contributed by atoms with Crippen LogP contribution in [0.15, 0.2) is 53.4 Å². The summed E-state index contributed by atoms with van der Waals surface area (Å²) in [5, 5.41) is 0. The first-order valence-corrected chi connectivity index (χ1v) is 7.16. The average molecular weight is 315 g/mol. The van der Waals surface area contributed by atoms with E-state index < -0.39 is 10.1 Å². The SMILES string of the molecule is Cc1cc(S(=O)(=O)O)ccc1OCc1ccccc1.Cl. The maximum Gasteiger partial charge on any atom is 0.294 e. The van der Waals surface area contributed by atoms with Crippen molar-refractivity contribution >= 4 is 22.5 Å². The van der Waals surface area contributed by atoms with E-state index in [0.29, 0.717) is 17.9 Å². The van der Waals surface area contributed by atoms with Crippen LogP contribution in [0.5, 0.6) is 5.75 Å². The molecule has 0 aliphatic rings.